The van der Waals surface area contributed by atoms with Gasteiger partial charge >= 0.3 is 0 Å². The van der Waals surface area contributed by atoms with Crippen molar-refractivity contribution < 1.29 is 19.2 Å². The lowest BCUT2D eigenvalue weighted by atomic mass is 10.1. The van der Waals surface area contributed by atoms with E-state index in [9.17, 15) is 14.9 Å². The number of methoxy groups -OCH3 is 1. The summed E-state index contributed by atoms with van der Waals surface area (Å²) in [5.74, 6) is 4.66. The fourth-order valence-electron chi connectivity index (χ4n) is 2.19. The number of nitrogens with two attached hydrogens (primary N) is 1. The van der Waals surface area contributed by atoms with Crippen molar-refractivity contribution in [1.82, 2.24) is 5.43 Å². The lowest BCUT2D eigenvalue weighted by Crippen LogP contribution is -2.36. The monoisotopic (exact) mass is 296 g/mol. The minimum Gasteiger partial charge on any atom is -0.496 e. The van der Waals surface area contributed by atoms with Crippen LogP contribution in [-0.2, 0) is 4.74 Å². The van der Waals surface area contributed by atoms with Crippen LogP contribution in [0, 0.1) is 10.1 Å². The van der Waals surface area contributed by atoms with Crippen molar-refractivity contribution in [1.29, 1.82) is 0 Å². The Labute approximate surface area is 120 Å². The molecule has 0 saturated carbocycles. The predicted molar refractivity (Wildman–Crippen MR) is 74.3 cm³/mol. The maximum absolute atomic E-state index is 11.7. The van der Waals surface area contributed by atoms with Crippen LogP contribution in [0.4, 0.5) is 11.4 Å². The Hall–Kier alpha value is -2.39. The number of carbonyl (C=O) groups is 1. The number of anilines is 1. The largest absolute Gasteiger partial charge is 0.496 e. The maximum Gasteiger partial charge on any atom is 0.293 e. The minimum atomic E-state index is -0.650. The van der Waals surface area contributed by atoms with Gasteiger partial charge in [0.1, 0.15) is 11.4 Å². The number of rotatable bonds is 4. The van der Waals surface area contributed by atoms with E-state index in [4.69, 9.17) is 15.3 Å². The third-order valence-electron chi connectivity index (χ3n) is 3.22. The first-order valence-electron chi connectivity index (χ1n) is 6.28. The first-order chi connectivity index (χ1) is 10.1. The molecule has 3 N–H and O–H groups in total. The van der Waals surface area contributed by atoms with Gasteiger partial charge in [-0.2, -0.15) is 0 Å². The van der Waals surface area contributed by atoms with Gasteiger partial charge in [0.05, 0.1) is 30.8 Å². The van der Waals surface area contributed by atoms with E-state index in [0.717, 1.165) is 0 Å². The number of nitrogens with one attached hydrogen (secondary N) is 1. The number of morpholine rings is 1. The molecular formula is C12H16N4O5. The quantitative estimate of drug-likeness (QED) is 0.348. The molecule has 0 atom stereocenters. The lowest BCUT2D eigenvalue weighted by Gasteiger charge is -2.28. The number of nitro benzene ring substituents is 1. The molecule has 21 heavy (non-hydrogen) atoms. The second-order valence-corrected chi connectivity index (χ2v) is 4.37. The summed E-state index contributed by atoms with van der Waals surface area (Å²) in [6.45, 7) is 2.05. The fraction of sp³-hybridized carbons (Fsp3) is 0.417. The number of hydrazine groups is 1. The molecule has 1 fully saturated rings. The van der Waals surface area contributed by atoms with E-state index >= 15 is 0 Å². The van der Waals surface area contributed by atoms with Gasteiger partial charge in [-0.3, -0.25) is 20.3 Å². The minimum absolute atomic E-state index is 0.0173. The van der Waals surface area contributed by atoms with Crippen LogP contribution in [0.3, 0.4) is 0 Å². The summed E-state index contributed by atoms with van der Waals surface area (Å²) in [7, 11) is 1.39. The van der Waals surface area contributed by atoms with Gasteiger partial charge in [-0.25, -0.2) is 5.84 Å². The Kier molecular flexibility index (Phi) is 4.55. The van der Waals surface area contributed by atoms with Gasteiger partial charge in [-0.1, -0.05) is 0 Å². The standard InChI is InChI=1S/C12H16N4O5/c1-20-11-7-9(15-2-4-21-5-3-15)10(16(18)19)6-8(11)12(17)14-13/h6-7H,2-5,13H2,1H3,(H,14,17). The van der Waals surface area contributed by atoms with Crippen LogP contribution in [0.25, 0.3) is 0 Å². The molecule has 114 valence electrons. The second kappa shape index (κ2) is 6.37. The van der Waals surface area contributed by atoms with Gasteiger partial charge in [-0.15, -0.1) is 0 Å². The van der Waals surface area contributed by atoms with Crippen LogP contribution in [0.5, 0.6) is 5.75 Å². The molecule has 0 aromatic heterocycles. The molecule has 0 bridgehead atoms. The predicted octanol–water partition coefficient (Wildman–Crippen LogP) is 0.0435. The van der Waals surface area contributed by atoms with Crippen LogP contribution in [0.1, 0.15) is 10.4 Å². The molecule has 1 amide bonds. The van der Waals surface area contributed by atoms with Crippen LogP contribution in [0.2, 0.25) is 0 Å². The van der Waals surface area contributed by atoms with Crippen molar-refractivity contribution in [3.63, 3.8) is 0 Å². The maximum atomic E-state index is 11.7. The highest BCUT2D eigenvalue weighted by molar-refractivity contribution is 5.98. The van der Waals surface area contributed by atoms with Crippen molar-refractivity contribution in [3.05, 3.63) is 27.8 Å². The molecular weight excluding hydrogens is 280 g/mol. The number of hydrogen-bond donors (Lipinski definition) is 2. The Morgan fingerprint density at radius 2 is 2.14 bits per heavy atom. The summed E-state index contributed by atoms with van der Waals surface area (Å²) < 4.78 is 10.4. The first kappa shape index (κ1) is 15.0. The van der Waals surface area contributed by atoms with Crippen molar-refractivity contribution in [3.8, 4) is 5.75 Å². The van der Waals surface area contributed by atoms with E-state index in [1.807, 2.05) is 10.3 Å². The topological polar surface area (TPSA) is 120 Å². The summed E-state index contributed by atoms with van der Waals surface area (Å²) in [5, 5.41) is 11.3. The van der Waals surface area contributed by atoms with E-state index in [2.05, 4.69) is 0 Å². The highest BCUT2D eigenvalue weighted by Crippen LogP contribution is 2.35. The number of hydrogen-bond acceptors (Lipinski definition) is 7. The van der Waals surface area contributed by atoms with Gasteiger partial charge < -0.3 is 14.4 Å². The number of ether oxygens (including phenoxy) is 2. The number of benzene rings is 1. The van der Waals surface area contributed by atoms with E-state index in [0.29, 0.717) is 32.0 Å². The van der Waals surface area contributed by atoms with Crippen molar-refractivity contribution in [2.45, 2.75) is 0 Å². The van der Waals surface area contributed by atoms with Crippen LogP contribution in [-0.4, -0.2) is 44.2 Å². The molecule has 1 heterocycles. The molecule has 9 nitrogen and oxygen atoms in total. The molecule has 1 aromatic rings. The Morgan fingerprint density at radius 1 is 1.48 bits per heavy atom. The summed E-state index contributed by atoms with van der Waals surface area (Å²) >= 11 is 0. The summed E-state index contributed by atoms with van der Waals surface area (Å²) in [6.07, 6.45) is 0. The Morgan fingerprint density at radius 3 is 2.67 bits per heavy atom. The average molecular weight is 296 g/mol. The average Bonchev–Trinajstić information content (AvgIpc) is 2.53. The smallest absolute Gasteiger partial charge is 0.293 e. The van der Waals surface area contributed by atoms with Gasteiger partial charge in [0.15, 0.2) is 0 Å². The molecule has 2 rings (SSSR count). The van der Waals surface area contributed by atoms with Gasteiger partial charge in [-0.05, 0) is 0 Å². The second-order valence-electron chi connectivity index (χ2n) is 4.37. The summed E-state index contributed by atoms with van der Waals surface area (Å²) in [4.78, 5) is 24.3. The third kappa shape index (κ3) is 3.03. The SMILES string of the molecule is COc1cc(N2CCOCC2)c([N+](=O)[O-])cc1C(=O)NN. The Balaban J connectivity index is 2.52. The van der Waals surface area contributed by atoms with E-state index in [-0.39, 0.29) is 17.0 Å². The van der Waals surface area contributed by atoms with E-state index in [1.165, 1.54) is 19.2 Å². The molecule has 0 unspecified atom stereocenters. The molecule has 0 spiro atoms. The zero-order valence-electron chi connectivity index (χ0n) is 11.5. The molecule has 0 radical (unpaired) electrons. The highest BCUT2D eigenvalue weighted by atomic mass is 16.6. The summed E-state index contributed by atoms with van der Waals surface area (Å²) in [5.41, 5.74) is 2.19. The number of nitrogens with zero attached hydrogens (tertiary/aromatic N) is 2. The number of amides is 1. The van der Waals surface area contributed by atoms with Gasteiger partial charge in [0.2, 0.25) is 0 Å². The number of nitrogen functional groups attached to an aromatic ring is 1. The van der Waals surface area contributed by atoms with E-state index < -0.39 is 10.8 Å². The lowest BCUT2D eigenvalue weighted by molar-refractivity contribution is -0.384. The van der Waals surface area contributed by atoms with E-state index in [1.54, 1.807) is 0 Å². The summed E-state index contributed by atoms with van der Waals surface area (Å²) in [6, 6.07) is 2.65. The van der Waals surface area contributed by atoms with Crippen LogP contribution >= 0.6 is 0 Å². The zero-order chi connectivity index (χ0) is 15.4. The molecule has 1 aliphatic rings. The molecule has 1 saturated heterocycles. The van der Waals surface area contributed by atoms with Gasteiger partial charge in [0, 0.05) is 25.2 Å². The Bertz CT molecular complexity index is 557. The van der Waals surface area contributed by atoms with Crippen molar-refractivity contribution in [2.24, 2.45) is 5.84 Å². The molecule has 1 aliphatic heterocycles. The van der Waals surface area contributed by atoms with Crippen LogP contribution in [0.15, 0.2) is 12.1 Å². The normalized spacial score (nSPS) is 14.7. The molecule has 1 aromatic carbocycles. The molecule has 9 heteroatoms. The van der Waals surface area contributed by atoms with Crippen LogP contribution < -0.4 is 20.9 Å². The van der Waals surface area contributed by atoms with Gasteiger partial charge in [0.25, 0.3) is 11.6 Å². The number of carbonyl (C=O) groups excluding carboxylic acids is 1. The third-order valence-corrected chi connectivity index (χ3v) is 3.22. The first-order valence-corrected chi connectivity index (χ1v) is 6.28. The molecule has 0 aliphatic carbocycles. The number of nitro groups is 1. The zero-order valence-corrected chi connectivity index (χ0v) is 11.5. The highest BCUT2D eigenvalue weighted by Gasteiger charge is 2.26. The van der Waals surface area contributed by atoms with Crippen molar-refractivity contribution in [2.75, 3.05) is 38.3 Å². The fourth-order valence-corrected chi connectivity index (χ4v) is 2.19. The van der Waals surface area contributed by atoms with Crippen molar-refractivity contribution >= 4 is 17.3 Å².